The maximum Gasteiger partial charge on any atom is 0.416 e. The number of benzene rings is 2. The van der Waals surface area contributed by atoms with Gasteiger partial charge in [-0.15, -0.1) is 0 Å². The van der Waals surface area contributed by atoms with E-state index >= 15 is 0 Å². The second kappa shape index (κ2) is 9.22. The fraction of sp³-hybridized carbons (Fsp3) is 0.273. The number of esters is 2. The SMILES string of the molecule is COC(=O)C(NCc1cccc(C(F)(F)F)c1)c1cn(COC(C)=O)c2ccccc12. The largest absolute Gasteiger partial charge is 0.468 e. The first-order valence-corrected chi connectivity index (χ1v) is 9.39. The van der Waals surface area contributed by atoms with Crippen molar-refractivity contribution in [2.24, 2.45) is 0 Å². The van der Waals surface area contributed by atoms with Gasteiger partial charge < -0.3 is 14.0 Å². The maximum absolute atomic E-state index is 13.0. The molecular weight excluding hydrogens is 413 g/mol. The number of rotatable bonds is 7. The minimum Gasteiger partial charge on any atom is -0.468 e. The Hall–Kier alpha value is -3.33. The van der Waals surface area contributed by atoms with E-state index in [9.17, 15) is 22.8 Å². The summed E-state index contributed by atoms with van der Waals surface area (Å²) in [5, 5.41) is 3.71. The van der Waals surface area contributed by atoms with Gasteiger partial charge in [-0.3, -0.25) is 10.1 Å². The highest BCUT2D eigenvalue weighted by Crippen LogP contribution is 2.30. The van der Waals surface area contributed by atoms with Crippen LogP contribution in [0.2, 0.25) is 0 Å². The van der Waals surface area contributed by atoms with Crippen molar-refractivity contribution in [2.45, 2.75) is 32.4 Å². The zero-order valence-electron chi connectivity index (χ0n) is 16.9. The third-order valence-corrected chi connectivity index (χ3v) is 4.74. The van der Waals surface area contributed by atoms with Gasteiger partial charge in [-0.2, -0.15) is 13.2 Å². The van der Waals surface area contributed by atoms with Gasteiger partial charge in [0.25, 0.3) is 0 Å². The smallest absolute Gasteiger partial charge is 0.416 e. The molecule has 0 spiro atoms. The summed E-state index contributed by atoms with van der Waals surface area (Å²) in [6.45, 7) is 1.25. The van der Waals surface area contributed by atoms with Crippen molar-refractivity contribution in [1.29, 1.82) is 0 Å². The van der Waals surface area contributed by atoms with E-state index in [-0.39, 0.29) is 13.3 Å². The highest BCUT2D eigenvalue weighted by molar-refractivity contribution is 5.90. The molecule has 3 aromatic rings. The number of carbonyl (C=O) groups excluding carboxylic acids is 2. The third kappa shape index (κ3) is 5.24. The number of halogens is 3. The molecule has 1 atom stereocenters. The van der Waals surface area contributed by atoms with Crippen molar-refractivity contribution in [2.75, 3.05) is 7.11 Å². The molecule has 1 aromatic heterocycles. The highest BCUT2D eigenvalue weighted by Gasteiger charge is 2.30. The molecule has 0 aliphatic rings. The average molecular weight is 434 g/mol. The monoisotopic (exact) mass is 434 g/mol. The number of nitrogens with zero attached hydrogens (tertiary/aromatic N) is 1. The van der Waals surface area contributed by atoms with Crippen LogP contribution >= 0.6 is 0 Å². The Labute approximate surface area is 176 Å². The molecule has 1 heterocycles. The summed E-state index contributed by atoms with van der Waals surface area (Å²) in [6.07, 6.45) is -2.80. The molecule has 6 nitrogen and oxygen atoms in total. The van der Waals surface area contributed by atoms with Crippen LogP contribution in [-0.4, -0.2) is 23.6 Å². The van der Waals surface area contributed by atoms with Crippen molar-refractivity contribution < 1.29 is 32.2 Å². The van der Waals surface area contributed by atoms with Gasteiger partial charge in [0.2, 0.25) is 0 Å². The number of hydrogen-bond acceptors (Lipinski definition) is 5. The van der Waals surface area contributed by atoms with E-state index in [0.717, 1.165) is 23.0 Å². The molecule has 0 saturated carbocycles. The summed E-state index contributed by atoms with van der Waals surface area (Å²) in [4.78, 5) is 23.7. The Bertz CT molecular complexity index is 1090. The molecule has 9 heteroatoms. The number of nitrogens with one attached hydrogen (secondary N) is 1. The molecule has 0 aliphatic heterocycles. The van der Waals surface area contributed by atoms with Crippen molar-refractivity contribution >= 4 is 22.8 Å². The summed E-state index contributed by atoms with van der Waals surface area (Å²) in [5.74, 6) is -1.05. The van der Waals surface area contributed by atoms with Crippen molar-refractivity contribution in [3.8, 4) is 0 Å². The molecule has 0 bridgehead atoms. The van der Waals surface area contributed by atoms with Crippen molar-refractivity contribution in [1.82, 2.24) is 9.88 Å². The molecule has 2 aromatic carbocycles. The molecule has 0 fully saturated rings. The number of carbonyl (C=O) groups is 2. The third-order valence-electron chi connectivity index (χ3n) is 4.74. The van der Waals surface area contributed by atoms with Crippen LogP contribution in [0.3, 0.4) is 0 Å². The summed E-state index contributed by atoms with van der Waals surface area (Å²) in [7, 11) is 1.24. The molecule has 0 amide bonds. The van der Waals surface area contributed by atoms with E-state index in [4.69, 9.17) is 9.47 Å². The van der Waals surface area contributed by atoms with Crippen molar-refractivity contribution in [3.63, 3.8) is 0 Å². The first-order chi connectivity index (χ1) is 14.7. The first-order valence-electron chi connectivity index (χ1n) is 9.39. The number of para-hydroxylation sites is 1. The van der Waals surface area contributed by atoms with Crippen LogP contribution in [0.25, 0.3) is 10.9 Å². The first kappa shape index (κ1) is 22.4. The van der Waals surface area contributed by atoms with Gasteiger partial charge >= 0.3 is 18.1 Å². The van der Waals surface area contributed by atoms with Crippen LogP contribution in [0.4, 0.5) is 13.2 Å². The highest BCUT2D eigenvalue weighted by atomic mass is 19.4. The van der Waals surface area contributed by atoms with E-state index in [0.29, 0.717) is 11.1 Å². The zero-order valence-corrected chi connectivity index (χ0v) is 16.9. The second-order valence-electron chi connectivity index (χ2n) is 6.87. The second-order valence-corrected chi connectivity index (χ2v) is 6.87. The van der Waals surface area contributed by atoms with E-state index in [2.05, 4.69) is 5.32 Å². The zero-order chi connectivity index (χ0) is 22.6. The lowest BCUT2D eigenvalue weighted by atomic mass is 10.0. The predicted molar refractivity (Wildman–Crippen MR) is 107 cm³/mol. The Balaban J connectivity index is 1.92. The summed E-state index contributed by atoms with van der Waals surface area (Å²) in [6, 6.07) is 11.2. The molecule has 31 heavy (non-hydrogen) atoms. The minimum absolute atomic E-state index is 0.00708. The average Bonchev–Trinajstić information content (AvgIpc) is 3.10. The lowest BCUT2D eigenvalue weighted by Gasteiger charge is -2.17. The Morgan fingerprint density at radius 3 is 2.55 bits per heavy atom. The van der Waals surface area contributed by atoms with Gasteiger partial charge in [-0.25, -0.2) is 4.79 Å². The van der Waals surface area contributed by atoms with Crippen LogP contribution in [-0.2, 0) is 38.5 Å². The van der Waals surface area contributed by atoms with E-state index in [1.807, 2.05) is 6.07 Å². The van der Waals surface area contributed by atoms with E-state index < -0.39 is 29.7 Å². The van der Waals surface area contributed by atoms with Gasteiger partial charge in [0.05, 0.1) is 18.2 Å². The van der Waals surface area contributed by atoms with Crippen LogP contribution < -0.4 is 5.32 Å². The fourth-order valence-corrected chi connectivity index (χ4v) is 3.29. The Kier molecular flexibility index (Phi) is 6.65. The summed E-state index contributed by atoms with van der Waals surface area (Å²) >= 11 is 0. The van der Waals surface area contributed by atoms with Crippen LogP contribution in [0.15, 0.2) is 54.7 Å². The summed E-state index contributed by atoms with van der Waals surface area (Å²) < 4.78 is 50.6. The van der Waals surface area contributed by atoms with Crippen LogP contribution in [0, 0.1) is 0 Å². The maximum atomic E-state index is 13.0. The lowest BCUT2D eigenvalue weighted by Crippen LogP contribution is -2.29. The standard InChI is InChI=1S/C22H21F3N2O4/c1-14(28)31-13-27-12-18(17-8-3-4-9-19(17)27)20(21(29)30-2)26-11-15-6-5-7-16(10-15)22(23,24)25/h3-10,12,20,26H,11,13H2,1-2H3. The van der Waals surface area contributed by atoms with Crippen LogP contribution in [0.5, 0.6) is 0 Å². The normalized spacial score (nSPS) is 12.5. The van der Waals surface area contributed by atoms with Crippen LogP contribution in [0.1, 0.15) is 29.7 Å². The van der Waals surface area contributed by atoms with E-state index in [1.165, 1.54) is 20.1 Å². The number of aromatic nitrogens is 1. The minimum atomic E-state index is -4.46. The molecule has 1 N–H and O–H groups in total. The number of ether oxygens (including phenoxy) is 2. The van der Waals surface area contributed by atoms with Gasteiger partial charge in [-0.05, 0) is 17.7 Å². The molecule has 0 radical (unpaired) electrons. The molecule has 164 valence electrons. The number of hydrogen-bond donors (Lipinski definition) is 1. The van der Waals surface area contributed by atoms with Crippen molar-refractivity contribution in [3.05, 3.63) is 71.4 Å². The topological polar surface area (TPSA) is 69.6 Å². The number of methoxy groups -OCH3 is 1. The number of fused-ring (bicyclic) bond motifs is 1. The van der Waals surface area contributed by atoms with E-state index in [1.54, 1.807) is 35.0 Å². The quantitative estimate of drug-likeness (QED) is 0.565. The molecule has 3 rings (SSSR count). The Morgan fingerprint density at radius 1 is 1.13 bits per heavy atom. The van der Waals surface area contributed by atoms with Gasteiger partial charge in [0.15, 0.2) is 6.73 Å². The number of alkyl halides is 3. The molecule has 0 aliphatic carbocycles. The predicted octanol–water partition coefficient (Wildman–Crippen LogP) is 4.18. The molecule has 1 unspecified atom stereocenters. The lowest BCUT2D eigenvalue weighted by molar-refractivity contribution is -0.145. The fourth-order valence-electron chi connectivity index (χ4n) is 3.29. The molecule has 0 saturated heterocycles. The molecular formula is C22H21F3N2O4. The van der Waals surface area contributed by atoms with Gasteiger partial charge in [-0.1, -0.05) is 36.4 Å². The van der Waals surface area contributed by atoms with Gasteiger partial charge in [0, 0.05) is 30.6 Å². The Morgan fingerprint density at radius 2 is 1.87 bits per heavy atom. The summed E-state index contributed by atoms with van der Waals surface area (Å²) in [5.41, 5.74) is 0.891. The van der Waals surface area contributed by atoms with Gasteiger partial charge in [0.1, 0.15) is 6.04 Å².